The van der Waals surface area contributed by atoms with E-state index in [0.29, 0.717) is 5.41 Å². The highest BCUT2D eigenvalue weighted by molar-refractivity contribution is 5.37. The number of hydrogen-bond donors (Lipinski definition) is 1. The van der Waals surface area contributed by atoms with Gasteiger partial charge in [-0.1, -0.05) is 37.1 Å². The van der Waals surface area contributed by atoms with Gasteiger partial charge < -0.3 is 10.5 Å². The summed E-state index contributed by atoms with van der Waals surface area (Å²) in [4.78, 5) is 0. The first-order chi connectivity index (χ1) is 9.25. The van der Waals surface area contributed by atoms with Gasteiger partial charge in [0.1, 0.15) is 0 Å². The van der Waals surface area contributed by atoms with E-state index >= 15 is 0 Å². The summed E-state index contributed by atoms with van der Waals surface area (Å²) in [5, 5.41) is 0. The van der Waals surface area contributed by atoms with Gasteiger partial charge in [0.05, 0.1) is 6.61 Å². The lowest BCUT2D eigenvalue weighted by Crippen LogP contribution is -2.32. The fourth-order valence-corrected chi connectivity index (χ4v) is 3.78. The Kier molecular flexibility index (Phi) is 3.40. The minimum atomic E-state index is 0.260. The van der Waals surface area contributed by atoms with Crippen LogP contribution in [-0.4, -0.2) is 20.3 Å². The maximum absolute atomic E-state index is 6.06. The SMILES string of the molecule is COCC1(c2ccc(C3(CN)CCCC3)cc2)CC1. The van der Waals surface area contributed by atoms with Gasteiger partial charge in [-0.05, 0) is 36.8 Å². The zero-order valence-corrected chi connectivity index (χ0v) is 12.0. The van der Waals surface area contributed by atoms with Crippen LogP contribution in [0.25, 0.3) is 0 Å². The molecule has 0 aliphatic heterocycles. The van der Waals surface area contributed by atoms with E-state index in [-0.39, 0.29) is 5.41 Å². The normalized spacial score (nSPS) is 23.5. The molecule has 0 saturated heterocycles. The molecule has 2 saturated carbocycles. The Morgan fingerprint density at radius 1 is 0.947 bits per heavy atom. The summed E-state index contributed by atoms with van der Waals surface area (Å²) >= 11 is 0. The highest BCUT2D eigenvalue weighted by atomic mass is 16.5. The summed E-state index contributed by atoms with van der Waals surface area (Å²) in [6.07, 6.45) is 7.70. The van der Waals surface area contributed by atoms with Crippen LogP contribution in [0.2, 0.25) is 0 Å². The number of methoxy groups -OCH3 is 1. The highest BCUT2D eigenvalue weighted by Gasteiger charge is 2.44. The molecule has 1 aromatic carbocycles. The third-order valence-corrected chi connectivity index (χ3v) is 5.34. The Balaban J connectivity index is 1.83. The van der Waals surface area contributed by atoms with Crippen molar-refractivity contribution in [2.24, 2.45) is 5.73 Å². The van der Waals surface area contributed by atoms with Gasteiger partial charge in [0.15, 0.2) is 0 Å². The second-order valence-electron chi connectivity index (χ2n) is 6.48. The fourth-order valence-electron chi connectivity index (χ4n) is 3.78. The summed E-state index contributed by atoms with van der Waals surface area (Å²) in [6, 6.07) is 9.28. The molecule has 0 radical (unpaired) electrons. The number of hydrogen-bond acceptors (Lipinski definition) is 2. The van der Waals surface area contributed by atoms with Crippen molar-refractivity contribution >= 4 is 0 Å². The van der Waals surface area contributed by atoms with Crippen molar-refractivity contribution in [2.75, 3.05) is 20.3 Å². The van der Waals surface area contributed by atoms with Crippen molar-refractivity contribution in [3.8, 4) is 0 Å². The molecule has 2 aliphatic rings. The molecule has 2 fully saturated rings. The molecule has 2 heteroatoms. The molecule has 19 heavy (non-hydrogen) atoms. The van der Waals surface area contributed by atoms with Gasteiger partial charge in [0.25, 0.3) is 0 Å². The Hall–Kier alpha value is -0.860. The number of benzene rings is 1. The van der Waals surface area contributed by atoms with Crippen LogP contribution in [0.4, 0.5) is 0 Å². The van der Waals surface area contributed by atoms with Crippen molar-refractivity contribution in [1.29, 1.82) is 0 Å². The molecule has 0 amide bonds. The molecule has 0 bridgehead atoms. The highest BCUT2D eigenvalue weighted by Crippen LogP contribution is 2.49. The summed E-state index contributed by atoms with van der Waals surface area (Å²) in [7, 11) is 1.80. The fraction of sp³-hybridized carbons (Fsp3) is 0.647. The average Bonchev–Trinajstić information content (AvgIpc) is 3.07. The van der Waals surface area contributed by atoms with E-state index in [1.807, 2.05) is 0 Å². The number of nitrogens with two attached hydrogens (primary N) is 1. The lowest BCUT2D eigenvalue weighted by Gasteiger charge is -2.28. The van der Waals surface area contributed by atoms with Crippen molar-refractivity contribution in [3.63, 3.8) is 0 Å². The van der Waals surface area contributed by atoms with Gasteiger partial charge in [-0.25, -0.2) is 0 Å². The van der Waals surface area contributed by atoms with E-state index in [9.17, 15) is 0 Å². The maximum atomic E-state index is 6.06. The third kappa shape index (κ3) is 2.21. The molecule has 0 heterocycles. The van der Waals surface area contributed by atoms with Crippen molar-refractivity contribution in [3.05, 3.63) is 35.4 Å². The first kappa shape index (κ1) is 13.1. The Labute approximate surface area is 116 Å². The van der Waals surface area contributed by atoms with Crippen LogP contribution in [0.3, 0.4) is 0 Å². The molecular formula is C17H25NO. The Morgan fingerprint density at radius 3 is 1.89 bits per heavy atom. The topological polar surface area (TPSA) is 35.2 Å². The van der Waals surface area contributed by atoms with Gasteiger partial charge in [-0.2, -0.15) is 0 Å². The van der Waals surface area contributed by atoms with Gasteiger partial charge in [-0.3, -0.25) is 0 Å². The van der Waals surface area contributed by atoms with Crippen LogP contribution in [0, 0.1) is 0 Å². The average molecular weight is 259 g/mol. The van der Waals surface area contributed by atoms with Crippen LogP contribution in [-0.2, 0) is 15.6 Å². The van der Waals surface area contributed by atoms with Gasteiger partial charge in [-0.15, -0.1) is 0 Å². The molecule has 2 aliphatic carbocycles. The molecular weight excluding hydrogens is 234 g/mol. The van der Waals surface area contributed by atoms with Crippen molar-refractivity contribution < 1.29 is 4.74 Å². The third-order valence-electron chi connectivity index (χ3n) is 5.34. The lowest BCUT2D eigenvalue weighted by molar-refractivity contribution is 0.171. The first-order valence-electron chi connectivity index (χ1n) is 7.55. The van der Waals surface area contributed by atoms with Crippen LogP contribution in [0.5, 0.6) is 0 Å². The van der Waals surface area contributed by atoms with Gasteiger partial charge >= 0.3 is 0 Å². The van der Waals surface area contributed by atoms with E-state index < -0.39 is 0 Å². The van der Waals surface area contributed by atoms with Crippen molar-refractivity contribution in [2.45, 2.75) is 49.4 Å². The molecule has 0 spiro atoms. The van der Waals surface area contributed by atoms with Crippen LogP contribution in [0.1, 0.15) is 49.7 Å². The number of rotatable bonds is 5. The molecule has 104 valence electrons. The van der Waals surface area contributed by atoms with Crippen LogP contribution >= 0.6 is 0 Å². The molecule has 3 rings (SSSR count). The molecule has 0 aromatic heterocycles. The Morgan fingerprint density at radius 2 is 1.47 bits per heavy atom. The predicted molar refractivity (Wildman–Crippen MR) is 78.4 cm³/mol. The monoisotopic (exact) mass is 259 g/mol. The van der Waals surface area contributed by atoms with E-state index in [1.54, 1.807) is 7.11 Å². The second kappa shape index (κ2) is 4.92. The quantitative estimate of drug-likeness (QED) is 0.881. The summed E-state index contributed by atoms with van der Waals surface area (Å²) < 4.78 is 5.37. The van der Waals surface area contributed by atoms with Crippen LogP contribution in [0.15, 0.2) is 24.3 Å². The standard InChI is InChI=1S/C17H25NO/c1-19-13-17(10-11-17)15-6-4-14(5-7-15)16(12-18)8-2-3-9-16/h4-7H,2-3,8-13,18H2,1H3. The van der Waals surface area contributed by atoms with Crippen LogP contribution < -0.4 is 5.73 Å². The minimum Gasteiger partial charge on any atom is -0.384 e. The van der Waals surface area contributed by atoms with Crippen molar-refractivity contribution in [1.82, 2.24) is 0 Å². The second-order valence-corrected chi connectivity index (χ2v) is 6.48. The summed E-state index contributed by atoms with van der Waals surface area (Å²) in [5.41, 5.74) is 9.54. The maximum Gasteiger partial charge on any atom is 0.0559 e. The minimum absolute atomic E-state index is 0.260. The van der Waals surface area contributed by atoms with Gasteiger partial charge in [0.2, 0.25) is 0 Å². The van der Waals surface area contributed by atoms with E-state index in [0.717, 1.165) is 13.2 Å². The molecule has 2 nitrogen and oxygen atoms in total. The zero-order chi connectivity index (χ0) is 13.3. The van der Waals surface area contributed by atoms with Gasteiger partial charge in [0, 0.05) is 24.5 Å². The molecule has 0 atom stereocenters. The summed E-state index contributed by atoms with van der Waals surface area (Å²) in [5.74, 6) is 0. The van der Waals surface area contributed by atoms with E-state index in [2.05, 4.69) is 24.3 Å². The molecule has 1 aromatic rings. The summed E-state index contributed by atoms with van der Waals surface area (Å²) in [6.45, 7) is 1.64. The Bertz CT molecular complexity index is 427. The zero-order valence-electron chi connectivity index (χ0n) is 12.0. The number of ether oxygens (including phenoxy) is 1. The van der Waals surface area contributed by atoms with E-state index in [1.165, 1.54) is 49.7 Å². The molecule has 0 unspecified atom stereocenters. The lowest BCUT2D eigenvalue weighted by atomic mass is 9.78. The first-order valence-corrected chi connectivity index (χ1v) is 7.55. The largest absolute Gasteiger partial charge is 0.384 e. The predicted octanol–water partition coefficient (Wildman–Crippen LogP) is 3.14. The van der Waals surface area contributed by atoms with E-state index in [4.69, 9.17) is 10.5 Å². The smallest absolute Gasteiger partial charge is 0.0559 e. The molecule has 2 N–H and O–H groups in total.